The van der Waals surface area contributed by atoms with Gasteiger partial charge in [-0.05, 0) is 17.7 Å². The van der Waals surface area contributed by atoms with Gasteiger partial charge in [0.1, 0.15) is 0 Å². The molecule has 13 heavy (non-hydrogen) atoms. The molecule has 0 fully saturated rings. The smallest absolute Gasteiger partial charge is 0.0696 e. The zero-order chi connectivity index (χ0) is 9.90. The highest BCUT2D eigenvalue weighted by molar-refractivity contribution is 7.91. The Hall–Kier alpha value is -1.34. The lowest BCUT2D eigenvalue weighted by Crippen LogP contribution is -1.95. The van der Waals surface area contributed by atoms with Gasteiger partial charge in [-0.2, -0.15) is 5.26 Å². The van der Waals surface area contributed by atoms with E-state index in [4.69, 9.17) is 10.0 Å². The summed E-state index contributed by atoms with van der Waals surface area (Å²) in [6.07, 6.45) is 1.67. The Morgan fingerprint density at radius 2 is 2.31 bits per heavy atom. The summed E-state index contributed by atoms with van der Waals surface area (Å²) in [6.45, 7) is 0. The molecule has 0 bridgehead atoms. The number of nitriles is 1. The molecule has 0 amide bonds. The third-order valence-corrected chi connectivity index (χ3v) is 2.78. The van der Waals surface area contributed by atoms with Crippen LogP contribution in [-0.4, -0.2) is 10.5 Å². The van der Waals surface area contributed by atoms with Crippen molar-refractivity contribution < 1.29 is 4.21 Å². The number of rotatable bonds is 2. The van der Waals surface area contributed by atoms with Crippen LogP contribution < -0.4 is 0 Å². The van der Waals surface area contributed by atoms with Gasteiger partial charge in [0.2, 0.25) is 0 Å². The fraction of sp³-hybridized carbons (Fsp3) is 0.222. The predicted octanol–water partition coefficient (Wildman–Crippen LogP) is 1.79. The number of hydrogen-bond donors (Lipinski definition) is 1. The summed E-state index contributed by atoms with van der Waals surface area (Å²) >= 11 is 0. The van der Waals surface area contributed by atoms with Gasteiger partial charge in [0.15, 0.2) is 0 Å². The summed E-state index contributed by atoms with van der Waals surface area (Å²) in [6, 6.07) is 8.82. The van der Waals surface area contributed by atoms with Crippen molar-refractivity contribution in [3.63, 3.8) is 0 Å². The molecular weight excluding hydrogens is 184 g/mol. The Kier molecular flexibility index (Phi) is 2.69. The Balaban J connectivity index is 3.15. The van der Waals surface area contributed by atoms with Gasteiger partial charge in [0, 0.05) is 11.2 Å². The lowest BCUT2D eigenvalue weighted by Gasteiger charge is -2.01. The second-order valence-corrected chi connectivity index (χ2v) is 4.98. The van der Waals surface area contributed by atoms with E-state index in [0.717, 1.165) is 5.56 Å². The van der Waals surface area contributed by atoms with Crippen LogP contribution in [-0.2, 0) is 16.1 Å². The normalized spacial score (nSPS) is 14.5. The Morgan fingerprint density at radius 3 is 2.85 bits per heavy atom. The van der Waals surface area contributed by atoms with E-state index in [9.17, 15) is 4.21 Å². The SMILES string of the molecule is CS(=N)(=O)c1cccc(CC#N)c1. The Bertz CT molecular complexity index is 443. The van der Waals surface area contributed by atoms with E-state index in [2.05, 4.69) is 0 Å². The molecule has 0 spiro atoms. The van der Waals surface area contributed by atoms with Crippen LogP contribution in [0.5, 0.6) is 0 Å². The van der Waals surface area contributed by atoms with Crippen LogP contribution in [0, 0.1) is 16.1 Å². The second-order valence-electron chi connectivity index (χ2n) is 2.83. The van der Waals surface area contributed by atoms with E-state index >= 15 is 0 Å². The van der Waals surface area contributed by atoms with Crippen molar-refractivity contribution in [3.8, 4) is 6.07 Å². The lowest BCUT2D eigenvalue weighted by molar-refractivity contribution is 0.679. The number of nitrogens with one attached hydrogen (secondary N) is 1. The molecule has 0 aliphatic heterocycles. The zero-order valence-electron chi connectivity index (χ0n) is 7.28. The topological polar surface area (TPSA) is 64.7 Å². The van der Waals surface area contributed by atoms with Crippen LogP contribution in [0.3, 0.4) is 0 Å². The molecule has 0 radical (unpaired) electrons. The first-order valence-electron chi connectivity index (χ1n) is 3.74. The van der Waals surface area contributed by atoms with Crippen LogP contribution in [0.15, 0.2) is 29.2 Å². The maximum absolute atomic E-state index is 11.3. The largest absolute Gasteiger partial charge is 0.249 e. The standard InChI is InChI=1S/C9H10N2OS/c1-13(11,12)9-4-2-3-8(7-9)5-6-10/h2-4,7,11H,5H2,1H3. The maximum atomic E-state index is 11.3. The van der Waals surface area contributed by atoms with Crippen LogP contribution in [0.4, 0.5) is 0 Å². The molecule has 0 saturated carbocycles. The highest BCUT2D eigenvalue weighted by Crippen LogP contribution is 2.11. The van der Waals surface area contributed by atoms with Crippen LogP contribution in [0.25, 0.3) is 0 Å². The van der Waals surface area contributed by atoms with Crippen LogP contribution in [0.1, 0.15) is 5.56 Å². The summed E-state index contributed by atoms with van der Waals surface area (Å²) in [5, 5.41) is 8.45. The molecule has 0 saturated heterocycles. The minimum absolute atomic E-state index is 0.295. The zero-order valence-corrected chi connectivity index (χ0v) is 8.10. The maximum Gasteiger partial charge on any atom is 0.0696 e. The molecule has 0 aliphatic rings. The van der Waals surface area contributed by atoms with Crippen LogP contribution >= 0.6 is 0 Å². The fourth-order valence-corrected chi connectivity index (χ4v) is 1.70. The molecular formula is C9H10N2OS. The number of hydrogen-bond acceptors (Lipinski definition) is 3. The highest BCUT2D eigenvalue weighted by atomic mass is 32.2. The quantitative estimate of drug-likeness (QED) is 0.780. The van der Waals surface area contributed by atoms with E-state index in [0.29, 0.717) is 11.3 Å². The average Bonchev–Trinajstić information content (AvgIpc) is 2.04. The van der Waals surface area contributed by atoms with E-state index in [1.54, 1.807) is 24.3 Å². The first kappa shape index (κ1) is 9.75. The van der Waals surface area contributed by atoms with Crippen molar-refractivity contribution in [2.75, 3.05) is 6.26 Å². The van der Waals surface area contributed by atoms with Gasteiger partial charge in [0.05, 0.1) is 22.2 Å². The highest BCUT2D eigenvalue weighted by Gasteiger charge is 2.02. The molecule has 0 aliphatic carbocycles. The number of benzene rings is 1. The van der Waals surface area contributed by atoms with Crippen molar-refractivity contribution in [2.45, 2.75) is 11.3 Å². The minimum atomic E-state index is -2.65. The summed E-state index contributed by atoms with van der Waals surface area (Å²) in [7, 11) is -2.65. The summed E-state index contributed by atoms with van der Waals surface area (Å²) in [5.41, 5.74) is 0.807. The van der Waals surface area contributed by atoms with Crippen molar-refractivity contribution in [1.29, 1.82) is 10.0 Å². The van der Waals surface area contributed by atoms with Gasteiger partial charge in [0.25, 0.3) is 0 Å². The minimum Gasteiger partial charge on any atom is -0.249 e. The third-order valence-electron chi connectivity index (χ3n) is 1.63. The van der Waals surface area contributed by atoms with Gasteiger partial charge in [-0.1, -0.05) is 12.1 Å². The van der Waals surface area contributed by atoms with Crippen molar-refractivity contribution in [3.05, 3.63) is 29.8 Å². The van der Waals surface area contributed by atoms with Gasteiger partial charge in [-0.15, -0.1) is 0 Å². The molecule has 0 heterocycles. The van der Waals surface area contributed by atoms with Crippen molar-refractivity contribution in [2.24, 2.45) is 0 Å². The molecule has 1 atom stereocenters. The van der Waals surface area contributed by atoms with E-state index < -0.39 is 9.73 Å². The van der Waals surface area contributed by atoms with Crippen molar-refractivity contribution in [1.82, 2.24) is 0 Å². The molecule has 1 aromatic rings. The summed E-state index contributed by atoms with van der Waals surface area (Å²) < 4.78 is 18.7. The first-order valence-corrected chi connectivity index (χ1v) is 5.70. The van der Waals surface area contributed by atoms with Gasteiger partial charge in [-0.3, -0.25) is 0 Å². The lowest BCUT2D eigenvalue weighted by atomic mass is 10.2. The average molecular weight is 194 g/mol. The van der Waals surface area contributed by atoms with Crippen molar-refractivity contribution >= 4 is 9.73 Å². The molecule has 68 valence electrons. The second kappa shape index (κ2) is 3.58. The molecule has 1 N–H and O–H groups in total. The fourth-order valence-electron chi connectivity index (χ4n) is 0.989. The Labute approximate surface area is 78.0 Å². The Morgan fingerprint density at radius 1 is 1.62 bits per heavy atom. The first-order chi connectivity index (χ1) is 6.04. The van der Waals surface area contributed by atoms with E-state index in [1.165, 1.54) is 6.26 Å². The molecule has 1 unspecified atom stereocenters. The van der Waals surface area contributed by atoms with Gasteiger partial charge < -0.3 is 0 Å². The van der Waals surface area contributed by atoms with E-state index in [-0.39, 0.29) is 0 Å². The summed E-state index contributed by atoms with van der Waals surface area (Å²) in [5.74, 6) is 0. The van der Waals surface area contributed by atoms with Gasteiger partial charge in [-0.25, -0.2) is 8.99 Å². The van der Waals surface area contributed by atoms with Crippen LogP contribution in [0.2, 0.25) is 0 Å². The molecule has 1 rings (SSSR count). The molecule has 1 aromatic carbocycles. The van der Waals surface area contributed by atoms with Gasteiger partial charge >= 0.3 is 0 Å². The summed E-state index contributed by atoms with van der Waals surface area (Å²) in [4.78, 5) is 0.486. The van der Waals surface area contributed by atoms with E-state index in [1.807, 2.05) is 6.07 Å². The monoisotopic (exact) mass is 194 g/mol. The molecule has 3 nitrogen and oxygen atoms in total. The molecule has 4 heteroatoms. The number of nitrogens with zero attached hydrogens (tertiary/aromatic N) is 1. The predicted molar refractivity (Wildman–Crippen MR) is 50.8 cm³/mol. The third kappa shape index (κ3) is 2.56. The molecule has 0 aromatic heterocycles.